The average Bonchev–Trinajstić information content (AvgIpc) is 2.85. The third kappa shape index (κ3) is 4.14. The number of ether oxygens (including phenoxy) is 1. The van der Waals surface area contributed by atoms with E-state index in [9.17, 15) is 9.59 Å². The molecule has 0 bridgehead atoms. The topological polar surface area (TPSA) is 59.8 Å². The van der Waals surface area contributed by atoms with Gasteiger partial charge in [0, 0.05) is 12.6 Å². The van der Waals surface area contributed by atoms with E-state index in [-0.39, 0.29) is 12.5 Å². The van der Waals surface area contributed by atoms with Crippen molar-refractivity contribution in [1.82, 2.24) is 4.90 Å². The lowest BCUT2D eigenvalue weighted by molar-refractivity contribution is -0.145. The fourth-order valence-corrected chi connectivity index (χ4v) is 1.21. The Balaban J connectivity index is 2.57. The molecule has 0 fully saturated rings. The highest BCUT2D eigenvalue weighted by Crippen LogP contribution is 2.03. The molecule has 0 saturated heterocycles. The number of furan rings is 1. The van der Waals surface area contributed by atoms with Crippen molar-refractivity contribution >= 4 is 18.0 Å². The summed E-state index contributed by atoms with van der Waals surface area (Å²) in [5.74, 6) is -0.103. The Morgan fingerprint density at radius 1 is 1.53 bits per heavy atom. The first-order valence-electron chi connectivity index (χ1n) is 5.24. The van der Waals surface area contributed by atoms with Gasteiger partial charge in [-0.1, -0.05) is 0 Å². The number of likely N-dealkylation sites (N-methyl/N-ethyl adjacent to an activating group) is 1. The zero-order valence-corrected chi connectivity index (χ0v) is 9.88. The highest BCUT2D eigenvalue weighted by molar-refractivity contribution is 5.93. The second kappa shape index (κ2) is 6.52. The Bertz CT molecular complexity index is 395. The number of hydrogen-bond donors (Lipinski definition) is 0. The Labute approximate surface area is 99.7 Å². The van der Waals surface area contributed by atoms with Crippen molar-refractivity contribution in [3.8, 4) is 0 Å². The molecule has 0 aliphatic rings. The minimum absolute atomic E-state index is 0.0473. The second-order valence-corrected chi connectivity index (χ2v) is 3.28. The van der Waals surface area contributed by atoms with Gasteiger partial charge in [-0.2, -0.15) is 0 Å². The molecule has 0 unspecified atom stereocenters. The van der Waals surface area contributed by atoms with E-state index in [1.54, 1.807) is 25.1 Å². The number of carbonyl (C=O) groups is 2. The molecular formula is C12H15NO4. The molecule has 0 spiro atoms. The fraction of sp³-hybridized carbons (Fsp3) is 0.333. The van der Waals surface area contributed by atoms with Gasteiger partial charge < -0.3 is 14.1 Å². The minimum atomic E-state index is -0.438. The van der Waals surface area contributed by atoms with Gasteiger partial charge in [-0.15, -0.1) is 0 Å². The van der Waals surface area contributed by atoms with E-state index in [2.05, 4.69) is 4.74 Å². The van der Waals surface area contributed by atoms with Gasteiger partial charge in [0.2, 0.25) is 5.91 Å². The number of amides is 1. The molecule has 5 nitrogen and oxygen atoms in total. The maximum Gasteiger partial charge on any atom is 0.325 e. The highest BCUT2D eigenvalue weighted by Gasteiger charge is 2.13. The van der Waals surface area contributed by atoms with Gasteiger partial charge >= 0.3 is 5.97 Å². The SMILES string of the molecule is CCN(CC(=O)OC)C(=O)C=Cc1ccco1. The maximum absolute atomic E-state index is 11.7. The summed E-state index contributed by atoms with van der Waals surface area (Å²) in [6, 6.07) is 3.47. The van der Waals surface area contributed by atoms with Crippen molar-refractivity contribution in [2.24, 2.45) is 0 Å². The molecule has 0 atom stereocenters. The van der Waals surface area contributed by atoms with Crippen LogP contribution in [-0.2, 0) is 14.3 Å². The predicted molar refractivity (Wildman–Crippen MR) is 62.0 cm³/mol. The summed E-state index contributed by atoms with van der Waals surface area (Å²) in [5, 5.41) is 0. The summed E-state index contributed by atoms with van der Waals surface area (Å²) >= 11 is 0. The number of carbonyl (C=O) groups excluding carboxylic acids is 2. The van der Waals surface area contributed by atoms with E-state index in [4.69, 9.17) is 4.42 Å². The molecule has 0 aromatic carbocycles. The molecule has 0 aliphatic carbocycles. The van der Waals surface area contributed by atoms with Crippen molar-refractivity contribution in [3.05, 3.63) is 30.2 Å². The van der Waals surface area contributed by atoms with Crippen LogP contribution in [0.2, 0.25) is 0 Å². The Kier molecular flexibility index (Phi) is 5.00. The fourth-order valence-electron chi connectivity index (χ4n) is 1.21. The van der Waals surface area contributed by atoms with Crippen LogP contribution in [0.1, 0.15) is 12.7 Å². The van der Waals surface area contributed by atoms with E-state index < -0.39 is 5.97 Å². The van der Waals surface area contributed by atoms with Crippen LogP contribution in [0.25, 0.3) is 6.08 Å². The molecule has 1 amide bonds. The molecule has 1 heterocycles. The van der Waals surface area contributed by atoms with Crippen LogP contribution in [0.4, 0.5) is 0 Å². The molecule has 0 N–H and O–H groups in total. The summed E-state index contributed by atoms with van der Waals surface area (Å²) in [5.41, 5.74) is 0. The van der Waals surface area contributed by atoms with Gasteiger partial charge in [-0.25, -0.2) is 0 Å². The van der Waals surface area contributed by atoms with E-state index in [0.717, 1.165) is 0 Å². The second-order valence-electron chi connectivity index (χ2n) is 3.28. The largest absolute Gasteiger partial charge is 0.468 e. The third-order valence-corrected chi connectivity index (χ3v) is 2.17. The monoisotopic (exact) mass is 237 g/mol. The standard InChI is InChI=1S/C12H15NO4/c1-3-13(9-12(15)16-2)11(14)7-6-10-5-4-8-17-10/h4-8H,3,9H2,1-2H3. The smallest absolute Gasteiger partial charge is 0.325 e. The van der Waals surface area contributed by atoms with Gasteiger partial charge in [0.05, 0.1) is 13.4 Å². The number of rotatable bonds is 5. The van der Waals surface area contributed by atoms with Gasteiger partial charge in [0.15, 0.2) is 0 Å². The van der Waals surface area contributed by atoms with Crippen LogP contribution in [0.15, 0.2) is 28.9 Å². The molecule has 0 saturated carbocycles. The van der Waals surface area contributed by atoms with Crippen LogP contribution < -0.4 is 0 Å². The molecule has 1 aromatic rings. The molecule has 17 heavy (non-hydrogen) atoms. The lowest BCUT2D eigenvalue weighted by Crippen LogP contribution is -2.34. The molecule has 0 aliphatic heterocycles. The summed E-state index contributed by atoms with van der Waals surface area (Å²) in [4.78, 5) is 24.2. The molecule has 1 rings (SSSR count). The van der Waals surface area contributed by atoms with Crippen LogP contribution in [-0.4, -0.2) is 37.0 Å². The quantitative estimate of drug-likeness (QED) is 0.572. The average molecular weight is 237 g/mol. The summed E-state index contributed by atoms with van der Waals surface area (Å²) < 4.78 is 9.56. The summed E-state index contributed by atoms with van der Waals surface area (Å²) in [6.45, 7) is 2.19. The van der Waals surface area contributed by atoms with Gasteiger partial charge in [-0.05, 0) is 25.1 Å². The first kappa shape index (κ1) is 13.0. The minimum Gasteiger partial charge on any atom is -0.468 e. The van der Waals surface area contributed by atoms with Crippen molar-refractivity contribution in [2.75, 3.05) is 20.2 Å². The van der Waals surface area contributed by atoms with Crippen LogP contribution >= 0.6 is 0 Å². The van der Waals surface area contributed by atoms with E-state index in [1.165, 1.54) is 24.3 Å². The highest BCUT2D eigenvalue weighted by atomic mass is 16.5. The number of nitrogens with zero attached hydrogens (tertiary/aromatic N) is 1. The first-order valence-corrected chi connectivity index (χ1v) is 5.24. The van der Waals surface area contributed by atoms with E-state index >= 15 is 0 Å². The van der Waals surface area contributed by atoms with Crippen molar-refractivity contribution in [2.45, 2.75) is 6.92 Å². The van der Waals surface area contributed by atoms with Gasteiger partial charge in [0.25, 0.3) is 0 Å². The van der Waals surface area contributed by atoms with Gasteiger partial charge in [0.1, 0.15) is 12.3 Å². The van der Waals surface area contributed by atoms with Crippen molar-refractivity contribution in [3.63, 3.8) is 0 Å². The Morgan fingerprint density at radius 3 is 2.82 bits per heavy atom. The normalized spacial score (nSPS) is 10.5. The Hall–Kier alpha value is -2.04. The maximum atomic E-state index is 11.7. The first-order chi connectivity index (χ1) is 8.17. The molecular weight excluding hydrogens is 222 g/mol. The lowest BCUT2D eigenvalue weighted by Gasteiger charge is -2.16. The van der Waals surface area contributed by atoms with Crippen molar-refractivity contribution < 1.29 is 18.7 Å². The molecule has 92 valence electrons. The predicted octanol–water partition coefficient (Wildman–Crippen LogP) is 1.31. The molecule has 0 radical (unpaired) electrons. The summed E-state index contributed by atoms with van der Waals surface area (Å²) in [7, 11) is 1.29. The molecule has 5 heteroatoms. The van der Waals surface area contributed by atoms with Crippen LogP contribution in [0, 0.1) is 0 Å². The number of hydrogen-bond acceptors (Lipinski definition) is 4. The number of esters is 1. The van der Waals surface area contributed by atoms with Crippen LogP contribution in [0.5, 0.6) is 0 Å². The summed E-state index contributed by atoms with van der Waals surface area (Å²) in [6.07, 6.45) is 4.45. The Morgan fingerprint density at radius 2 is 2.29 bits per heavy atom. The van der Waals surface area contributed by atoms with E-state index in [0.29, 0.717) is 12.3 Å². The zero-order chi connectivity index (χ0) is 12.7. The van der Waals surface area contributed by atoms with E-state index in [1.807, 2.05) is 0 Å². The van der Waals surface area contributed by atoms with Crippen LogP contribution in [0.3, 0.4) is 0 Å². The zero-order valence-electron chi connectivity index (χ0n) is 9.88. The van der Waals surface area contributed by atoms with Gasteiger partial charge in [-0.3, -0.25) is 9.59 Å². The third-order valence-electron chi connectivity index (χ3n) is 2.17. The number of methoxy groups -OCH3 is 1. The lowest BCUT2D eigenvalue weighted by atomic mass is 10.3. The van der Waals surface area contributed by atoms with Crippen molar-refractivity contribution in [1.29, 1.82) is 0 Å². The molecule has 1 aromatic heterocycles.